The van der Waals surface area contributed by atoms with Gasteiger partial charge in [-0.25, -0.2) is 15.0 Å². The van der Waals surface area contributed by atoms with E-state index in [1.165, 1.54) is 64.0 Å². The molecule has 39 heavy (non-hydrogen) atoms. The van der Waals surface area contributed by atoms with Gasteiger partial charge < -0.3 is 35.9 Å². The number of hydrogen-bond donors (Lipinski definition) is 6. The number of hydrogen-bond acceptors (Lipinski definition) is 9. The largest absolute Gasteiger partial charge is 0.388 e. The van der Waals surface area contributed by atoms with Gasteiger partial charge in [-0.05, 0) is 13.3 Å². The van der Waals surface area contributed by atoms with E-state index in [1.54, 1.807) is 6.92 Å². The van der Waals surface area contributed by atoms with Crippen molar-refractivity contribution in [1.29, 1.82) is 0 Å². The van der Waals surface area contributed by atoms with Crippen LogP contribution < -0.4 is 16.0 Å². The molecule has 0 radical (unpaired) electrons. The van der Waals surface area contributed by atoms with E-state index in [0.717, 1.165) is 19.3 Å². The summed E-state index contributed by atoms with van der Waals surface area (Å²) >= 11 is 0. The number of aliphatic hydroxyl groups excluding tert-OH is 2. The lowest BCUT2D eigenvalue weighted by Crippen LogP contribution is -2.64. The fraction of sp³-hybridized carbons (Fsp3) is 0.741. The summed E-state index contributed by atoms with van der Waals surface area (Å²) in [5.74, 6) is -0.296. The predicted molar refractivity (Wildman–Crippen MR) is 148 cm³/mol. The molecule has 5 atom stereocenters. The Balaban J connectivity index is 1.30. The Labute approximate surface area is 230 Å². The summed E-state index contributed by atoms with van der Waals surface area (Å²) < 4.78 is 5.84. The lowest BCUT2D eigenvalue weighted by atomic mass is 9.96. The molecule has 0 unspecified atom stereocenters. The zero-order valence-corrected chi connectivity index (χ0v) is 23.2. The average Bonchev–Trinajstić information content (AvgIpc) is 3.41. The van der Waals surface area contributed by atoms with Crippen LogP contribution in [-0.2, 0) is 14.3 Å². The van der Waals surface area contributed by atoms with Gasteiger partial charge in [0, 0.05) is 6.42 Å². The van der Waals surface area contributed by atoms with Crippen molar-refractivity contribution < 1.29 is 24.5 Å². The number of aromatic amines is 1. The first kappa shape index (κ1) is 30.7. The molecule has 12 heteroatoms. The van der Waals surface area contributed by atoms with Crippen molar-refractivity contribution in [3.63, 3.8) is 0 Å². The van der Waals surface area contributed by atoms with Crippen LogP contribution in [-0.4, -0.2) is 79.1 Å². The summed E-state index contributed by atoms with van der Waals surface area (Å²) in [5.41, 5.74) is 0.983. The monoisotopic (exact) mass is 547 g/mol. The Bertz CT molecular complexity index is 1020. The molecule has 3 rings (SSSR count). The third-order valence-corrected chi connectivity index (χ3v) is 7.17. The number of nitrogens with zero attached hydrogens (tertiary/aromatic N) is 3. The zero-order chi connectivity index (χ0) is 28.0. The molecular weight excluding hydrogens is 502 g/mol. The molecule has 1 aliphatic heterocycles. The lowest BCUT2D eigenvalue weighted by Gasteiger charge is -2.42. The molecule has 2 amide bonds. The van der Waals surface area contributed by atoms with E-state index in [9.17, 15) is 19.8 Å². The minimum absolute atomic E-state index is 0.173. The van der Waals surface area contributed by atoms with E-state index in [1.807, 2.05) is 0 Å². The summed E-state index contributed by atoms with van der Waals surface area (Å²) in [7, 11) is 0. The molecule has 0 spiro atoms. The van der Waals surface area contributed by atoms with E-state index >= 15 is 0 Å². The van der Waals surface area contributed by atoms with Crippen LogP contribution in [0.15, 0.2) is 12.7 Å². The smallest absolute Gasteiger partial charge is 0.239 e. The summed E-state index contributed by atoms with van der Waals surface area (Å²) in [5, 5.41) is 29.6. The van der Waals surface area contributed by atoms with Crippen molar-refractivity contribution in [2.45, 2.75) is 121 Å². The Kier molecular flexibility index (Phi) is 12.8. The maximum absolute atomic E-state index is 12.4. The molecule has 0 bridgehead atoms. The fourth-order valence-electron chi connectivity index (χ4n) is 4.85. The van der Waals surface area contributed by atoms with Crippen LogP contribution in [0.1, 0.15) is 90.9 Å². The number of unbranched alkanes of at least 4 members (excludes halogenated alkanes) is 10. The maximum Gasteiger partial charge on any atom is 0.239 e. The highest BCUT2D eigenvalue weighted by atomic mass is 16.5. The molecular formula is C27H45N7O5. The molecule has 1 saturated heterocycles. The van der Waals surface area contributed by atoms with Crippen LogP contribution in [0.3, 0.4) is 0 Å². The molecule has 0 saturated carbocycles. The second-order valence-electron chi connectivity index (χ2n) is 10.4. The Morgan fingerprint density at radius 1 is 0.923 bits per heavy atom. The van der Waals surface area contributed by atoms with Gasteiger partial charge in [0.1, 0.15) is 24.1 Å². The first-order valence-corrected chi connectivity index (χ1v) is 14.4. The SMILES string of the molecule is CCCCCCCCCCCCCC(=O)NCC(=O)N[C@@H]1[C@@H](O)[C@H](O)[C@@H](Nc2ncnc3[nH]cnc23)O[C@H]1C. The highest BCUT2D eigenvalue weighted by molar-refractivity contribution is 5.85. The number of ether oxygens (including phenoxy) is 1. The second kappa shape index (κ2) is 16.3. The van der Waals surface area contributed by atoms with E-state index in [2.05, 4.69) is 42.8 Å². The minimum atomic E-state index is -1.36. The maximum atomic E-state index is 12.4. The van der Waals surface area contributed by atoms with E-state index in [-0.39, 0.29) is 12.5 Å². The van der Waals surface area contributed by atoms with Crippen LogP contribution in [0.4, 0.5) is 5.82 Å². The van der Waals surface area contributed by atoms with Crippen LogP contribution in [0.5, 0.6) is 0 Å². The average molecular weight is 548 g/mol. The van der Waals surface area contributed by atoms with Crippen molar-refractivity contribution in [2.24, 2.45) is 0 Å². The summed E-state index contributed by atoms with van der Waals surface area (Å²) in [6.45, 7) is 3.71. The number of carbonyl (C=O) groups excluding carboxylic acids is 2. The van der Waals surface area contributed by atoms with Crippen molar-refractivity contribution >= 4 is 28.8 Å². The third-order valence-electron chi connectivity index (χ3n) is 7.17. The van der Waals surface area contributed by atoms with Crippen molar-refractivity contribution in [3.8, 4) is 0 Å². The first-order valence-electron chi connectivity index (χ1n) is 14.4. The number of aliphatic hydroxyl groups is 2. The Morgan fingerprint density at radius 2 is 1.59 bits per heavy atom. The van der Waals surface area contributed by atoms with Crippen LogP contribution in [0.2, 0.25) is 0 Å². The number of aromatic nitrogens is 4. The van der Waals surface area contributed by atoms with Gasteiger partial charge in [-0.15, -0.1) is 0 Å². The van der Waals surface area contributed by atoms with Gasteiger partial charge in [-0.2, -0.15) is 0 Å². The first-order chi connectivity index (χ1) is 18.9. The lowest BCUT2D eigenvalue weighted by molar-refractivity contribution is -0.172. The number of anilines is 1. The molecule has 3 heterocycles. The number of carbonyl (C=O) groups is 2. The minimum Gasteiger partial charge on any atom is -0.388 e. The van der Waals surface area contributed by atoms with Gasteiger partial charge in [0.15, 0.2) is 17.7 Å². The van der Waals surface area contributed by atoms with E-state index < -0.39 is 36.5 Å². The quantitative estimate of drug-likeness (QED) is 0.163. The molecule has 2 aromatic heterocycles. The zero-order valence-electron chi connectivity index (χ0n) is 23.2. The van der Waals surface area contributed by atoms with Gasteiger partial charge in [0.05, 0.1) is 25.0 Å². The standard InChI is InChI=1S/C27H45N7O5/c1-3-4-5-6-7-8-9-10-11-12-13-14-19(35)28-15-20(36)33-21-18(2)39-27(24(38)23(21)37)34-26-22-25(30-16-29-22)31-17-32-26/h16-18,21,23-24,27,37-38H,3-15H2,1-2H3,(H,28,35)(H,33,36)(H2,29,30,31,32,34)/t18-,21-,23+,24-,27-/m0/s1. The van der Waals surface area contributed by atoms with Crippen molar-refractivity contribution in [1.82, 2.24) is 30.6 Å². The van der Waals surface area contributed by atoms with Gasteiger partial charge in [-0.3, -0.25) is 9.59 Å². The highest BCUT2D eigenvalue weighted by Gasteiger charge is 2.43. The van der Waals surface area contributed by atoms with Gasteiger partial charge in [0.2, 0.25) is 11.8 Å². The third kappa shape index (κ3) is 9.70. The van der Waals surface area contributed by atoms with Crippen molar-refractivity contribution in [2.75, 3.05) is 11.9 Å². The summed E-state index contributed by atoms with van der Waals surface area (Å²) in [6, 6.07) is -0.857. The Morgan fingerprint density at radius 3 is 2.28 bits per heavy atom. The fourth-order valence-corrected chi connectivity index (χ4v) is 4.85. The molecule has 6 N–H and O–H groups in total. The summed E-state index contributed by atoms with van der Waals surface area (Å²) in [4.78, 5) is 39.8. The molecule has 218 valence electrons. The van der Waals surface area contributed by atoms with E-state index in [0.29, 0.717) is 23.4 Å². The van der Waals surface area contributed by atoms with Crippen LogP contribution >= 0.6 is 0 Å². The number of nitrogens with one attached hydrogen (secondary N) is 4. The predicted octanol–water partition coefficient (Wildman–Crippen LogP) is 2.53. The number of imidazole rings is 1. The molecule has 2 aromatic rings. The van der Waals surface area contributed by atoms with Crippen LogP contribution in [0, 0.1) is 0 Å². The van der Waals surface area contributed by atoms with Crippen molar-refractivity contribution in [3.05, 3.63) is 12.7 Å². The van der Waals surface area contributed by atoms with Gasteiger partial charge in [0.25, 0.3) is 0 Å². The molecule has 1 aliphatic rings. The molecule has 12 nitrogen and oxygen atoms in total. The highest BCUT2D eigenvalue weighted by Crippen LogP contribution is 2.24. The summed E-state index contributed by atoms with van der Waals surface area (Å²) in [6.07, 6.45) is 12.2. The number of amides is 2. The second-order valence-corrected chi connectivity index (χ2v) is 10.4. The molecule has 0 aliphatic carbocycles. The van der Waals surface area contributed by atoms with E-state index in [4.69, 9.17) is 4.74 Å². The topological polar surface area (TPSA) is 174 Å². The Hall–Kier alpha value is -2.83. The van der Waals surface area contributed by atoms with Crippen LogP contribution in [0.25, 0.3) is 11.2 Å². The molecule has 0 aromatic carbocycles. The normalized spacial score (nSPS) is 23.0. The van der Waals surface area contributed by atoms with Gasteiger partial charge >= 0.3 is 0 Å². The number of H-pyrrole nitrogens is 1. The van der Waals surface area contributed by atoms with Gasteiger partial charge in [-0.1, -0.05) is 71.1 Å². The number of fused-ring (bicyclic) bond motifs is 1. The number of rotatable bonds is 17. The molecule has 1 fully saturated rings.